The Morgan fingerprint density at radius 3 is 2.47 bits per heavy atom. The minimum absolute atomic E-state index is 0.0626. The van der Waals surface area contributed by atoms with Crippen LogP contribution < -0.4 is 4.74 Å². The number of methoxy groups -OCH3 is 1. The van der Waals surface area contributed by atoms with Crippen LogP contribution in [0, 0.1) is 0 Å². The second kappa shape index (κ2) is 8.49. The molecule has 7 nitrogen and oxygen atoms in total. The number of hydrazone groups is 1. The van der Waals surface area contributed by atoms with Crippen molar-refractivity contribution >= 4 is 46.1 Å². The van der Waals surface area contributed by atoms with E-state index in [2.05, 4.69) is 5.10 Å². The summed E-state index contributed by atoms with van der Waals surface area (Å²) in [6.07, 6.45) is 0.496. The summed E-state index contributed by atoms with van der Waals surface area (Å²) in [5.41, 5.74) is 2.47. The molecule has 9 heteroatoms. The highest BCUT2D eigenvalue weighted by Crippen LogP contribution is 2.34. The normalized spacial score (nSPS) is 18.7. The molecule has 2 aliphatic heterocycles. The first-order valence-corrected chi connectivity index (χ1v) is 10.6. The smallest absolute Gasteiger partial charge is 0.289 e. The number of benzene rings is 2. The van der Waals surface area contributed by atoms with Crippen LogP contribution in [0.1, 0.15) is 23.6 Å². The molecule has 30 heavy (non-hydrogen) atoms. The van der Waals surface area contributed by atoms with Crippen molar-refractivity contribution in [1.29, 1.82) is 0 Å². The first-order chi connectivity index (χ1) is 14.5. The van der Waals surface area contributed by atoms with Gasteiger partial charge in [-0.2, -0.15) is 5.10 Å². The van der Waals surface area contributed by atoms with Crippen LogP contribution in [0.3, 0.4) is 0 Å². The Kier molecular flexibility index (Phi) is 5.78. The SMILES string of the molecule is COc1ccc(C2=NN(C(=O)CN3C(=O)CSC3=O)C(c3ccc(Cl)cc3)C2)cc1. The van der Waals surface area contributed by atoms with Crippen LogP contribution in [0.5, 0.6) is 5.75 Å². The van der Waals surface area contributed by atoms with Gasteiger partial charge in [0, 0.05) is 11.4 Å². The van der Waals surface area contributed by atoms with Crippen molar-refractivity contribution in [2.24, 2.45) is 5.10 Å². The number of carbonyl (C=O) groups excluding carboxylic acids is 3. The van der Waals surface area contributed by atoms with Crippen LogP contribution in [0.15, 0.2) is 53.6 Å². The third-order valence-corrected chi connectivity index (χ3v) is 6.09. The number of imide groups is 1. The first-order valence-electron chi connectivity index (χ1n) is 9.23. The van der Waals surface area contributed by atoms with Crippen molar-refractivity contribution in [3.8, 4) is 5.75 Å². The number of amides is 3. The zero-order valence-corrected chi connectivity index (χ0v) is 17.7. The Bertz CT molecular complexity index is 1010. The number of carbonyl (C=O) groups is 3. The second-order valence-corrected chi connectivity index (χ2v) is 8.18. The van der Waals surface area contributed by atoms with E-state index in [-0.39, 0.29) is 24.2 Å². The highest BCUT2D eigenvalue weighted by atomic mass is 35.5. The van der Waals surface area contributed by atoms with Crippen molar-refractivity contribution in [3.05, 3.63) is 64.7 Å². The summed E-state index contributed by atoms with van der Waals surface area (Å²) in [6.45, 7) is -0.325. The maximum atomic E-state index is 13.0. The van der Waals surface area contributed by atoms with Gasteiger partial charge in [0.15, 0.2) is 0 Å². The van der Waals surface area contributed by atoms with E-state index in [1.54, 1.807) is 19.2 Å². The van der Waals surface area contributed by atoms with Crippen LogP contribution >= 0.6 is 23.4 Å². The fourth-order valence-corrected chi connectivity index (χ4v) is 4.24. The van der Waals surface area contributed by atoms with Gasteiger partial charge in [0.2, 0.25) is 5.91 Å². The van der Waals surface area contributed by atoms with Crippen molar-refractivity contribution in [2.45, 2.75) is 12.5 Å². The Balaban J connectivity index is 1.63. The summed E-state index contributed by atoms with van der Waals surface area (Å²) in [7, 11) is 1.60. The van der Waals surface area contributed by atoms with E-state index in [4.69, 9.17) is 16.3 Å². The summed E-state index contributed by atoms with van der Waals surface area (Å²) in [4.78, 5) is 37.8. The van der Waals surface area contributed by atoms with Gasteiger partial charge in [-0.25, -0.2) is 5.01 Å². The number of rotatable bonds is 5. The van der Waals surface area contributed by atoms with Gasteiger partial charge in [-0.3, -0.25) is 19.3 Å². The topological polar surface area (TPSA) is 79.3 Å². The lowest BCUT2D eigenvalue weighted by Gasteiger charge is -2.23. The number of hydrogen-bond donors (Lipinski definition) is 0. The predicted molar refractivity (Wildman–Crippen MR) is 115 cm³/mol. The van der Waals surface area contributed by atoms with Gasteiger partial charge in [-0.15, -0.1) is 0 Å². The molecular weight excluding hydrogens is 426 g/mol. The second-order valence-electron chi connectivity index (χ2n) is 6.82. The molecule has 154 valence electrons. The molecule has 0 aromatic heterocycles. The molecule has 2 heterocycles. The van der Waals surface area contributed by atoms with Gasteiger partial charge < -0.3 is 4.74 Å². The summed E-state index contributed by atoms with van der Waals surface area (Å²) < 4.78 is 5.20. The Hall–Kier alpha value is -2.84. The molecule has 0 radical (unpaired) electrons. The van der Waals surface area contributed by atoms with Crippen LogP contribution in [0.2, 0.25) is 5.02 Å². The van der Waals surface area contributed by atoms with Crippen LogP contribution in [0.25, 0.3) is 0 Å². The minimum Gasteiger partial charge on any atom is -0.497 e. The molecule has 1 saturated heterocycles. The lowest BCUT2D eigenvalue weighted by atomic mass is 9.98. The fourth-order valence-electron chi connectivity index (χ4n) is 3.38. The molecule has 2 aliphatic rings. The Morgan fingerprint density at radius 2 is 1.87 bits per heavy atom. The molecule has 0 spiro atoms. The van der Waals surface area contributed by atoms with E-state index < -0.39 is 11.1 Å². The van der Waals surface area contributed by atoms with Crippen molar-refractivity contribution in [1.82, 2.24) is 9.91 Å². The molecule has 0 saturated carbocycles. The third-order valence-electron chi connectivity index (χ3n) is 4.98. The van der Waals surface area contributed by atoms with Crippen molar-refractivity contribution < 1.29 is 19.1 Å². The molecule has 0 aliphatic carbocycles. The Labute approximate surface area is 182 Å². The van der Waals surface area contributed by atoms with E-state index >= 15 is 0 Å². The quantitative estimate of drug-likeness (QED) is 0.703. The molecule has 1 atom stereocenters. The molecule has 1 unspecified atom stereocenters. The maximum Gasteiger partial charge on any atom is 0.289 e. The van der Waals surface area contributed by atoms with Gasteiger partial charge in [-0.05, 0) is 47.5 Å². The standard InChI is InChI=1S/C21H18ClN3O4S/c1-29-16-8-4-13(5-9-16)17-10-18(14-2-6-15(22)7-3-14)25(23-17)19(26)11-24-20(27)12-30-21(24)28/h2-9,18H,10-12H2,1H3. The van der Waals surface area contributed by atoms with Crippen LogP contribution in [-0.4, -0.2) is 52.1 Å². The molecule has 4 rings (SSSR count). The molecule has 2 aromatic carbocycles. The van der Waals surface area contributed by atoms with Crippen molar-refractivity contribution in [2.75, 3.05) is 19.4 Å². The predicted octanol–water partition coefficient (Wildman–Crippen LogP) is 3.72. The van der Waals surface area contributed by atoms with E-state index in [1.807, 2.05) is 36.4 Å². The average Bonchev–Trinajstić information content (AvgIpc) is 3.34. The van der Waals surface area contributed by atoms with Crippen LogP contribution in [0.4, 0.5) is 4.79 Å². The zero-order chi connectivity index (χ0) is 21.3. The minimum atomic E-state index is -0.414. The molecular formula is C21H18ClN3O4S. The molecule has 3 amide bonds. The molecule has 0 bridgehead atoms. The van der Waals surface area contributed by atoms with Gasteiger partial charge in [0.1, 0.15) is 12.3 Å². The average molecular weight is 444 g/mol. The number of ether oxygens (including phenoxy) is 1. The van der Waals surface area contributed by atoms with E-state index in [0.29, 0.717) is 11.4 Å². The highest BCUT2D eigenvalue weighted by Gasteiger charge is 2.37. The summed E-state index contributed by atoms with van der Waals surface area (Å²) in [5, 5.41) is 6.11. The number of thioether (sulfide) groups is 1. The number of nitrogens with zero attached hydrogens (tertiary/aromatic N) is 3. The fraction of sp³-hybridized carbons (Fsp3) is 0.238. The van der Waals surface area contributed by atoms with Gasteiger partial charge in [0.05, 0.1) is 24.6 Å². The van der Waals surface area contributed by atoms with E-state index in [0.717, 1.165) is 39.2 Å². The summed E-state index contributed by atoms with van der Waals surface area (Å²) >= 11 is 6.91. The number of halogens is 1. The number of hydrogen-bond acceptors (Lipinski definition) is 6. The Morgan fingerprint density at radius 1 is 1.17 bits per heavy atom. The third kappa shape index (κ3) is 4.06. The molecule has 0 N–H and O–H groups in total. The van der Waals surface area contributed by atoms with Crippen molar-refractivity contribution in [3.63, 3.8) is 0 Å². The highest BCUT2D eigenvalue weighted by molar-refractivity contribution is 8.14. The molecule has 1 fully saturated rings. The van der Waals surface area contributed by atoms with Gasteiger partial charge in [0.25, 0.3) is 11.1 Å². The lowest BCUT2D eigenvalue weighted by molar-refractivity contribution is -0.137. The molecule has 2 aromatic rings. The summed E-state index contributed by atoms with van der Waals surface area (Å²) in [6, 6.07) is 14.3. The largest absolute Gasteiger partial charge is 0.497 e. The van der Waals surface area contributed by atoms with E-state index in [1.165, 1.54) is 5.01 Å². The summed E-state index contributed by atoms with van der Waals surface area (Å²) in [5.74, 6) is 0.0123. The van der Waals surface area contributed by atoms with Crippen LogP contribution in [-0.2, 0) is 9.59 Å². The maximum absolute atomic E-state index is 13.0. The zero-order valence-electron chi connectivity index (χ0n) is 16.1. The lowest BCUT2D eigenvalue weighted by Crippen LogP contribution is -2.40. The van der Waals surface area contributed by atoms with E-state index in [9.17, 15) is 14.4 Å². The van der Waals surface area contributed by atoms with Gasteiger partial charge >= 0.3 is 0 Å². The van der Waals surface area contributed by atoms with Gasteiger partial charge in [-0.1, -0.05) is 35.5 Å². The monoisotopic (exact) mass is 443 g/mol. The first kappa shape index (κ1) is 20.4.